The van der Waals surface area contributed by atoms with Gasteiger partial charge in [-0.25, -0.2) is 4.68 Å². The van der Waals surface area contributed by atoms with Gasteiger partial charge < -0.3 is 4.98 Å². The third-order valence-corrected chi connectivity index (χ3v) is 6.77. The van der Waals surface area contributed by atoms with Gasteiger partial charge in [-0.3, -0.25) is 9.69 Å². The number of rotatable bonds is 8. The SMILES string of the molecule is CCC(c1nnnn1C(C)(C)C)N(CCc1cccc(C)c1)Cc1cc2cc(C)cc(C)c2[nH]c1=O. The molecule has 190 valence electrons. The third kappa shape index (κ3) is 5.57. The zero-order chi connectivity index (χ0) is 26.0. The molecular weight excluding hydrogens is 448 g/mol. The highest BCUT2D eigenvalue weighted by Crippen LogP contribution is 2.28. The minimum absolute atomic E-state index is 0.0293. The normalized spacial score (nSPS) is 13.0. The number of aromatic amines is 1. The van der Waals surface area contributed by atoms with Crippen molar-refractivity contribution in [3.05, 3.63) is 86.5 Å². The van der Waals surface area contributed by atoms with E-state index in [0.717, 1.165) is 47.2 Å². The lowest BCUT2D eigenvalue weighted by Crippen LogP contribution is -2.36. The van der Waals surface area contributed by atoms with Crippen molar-refractivity contribution in [3.8, 4) is 0 Å². The summed E-state index contributed by atoms with van der Waals surface area (Å²) in [6, 6.07) is 14.9. The lowest BCUT2D eigenvalue weighted by Gasteiger charge is -2.32. The van der Waals surface area contributed by atoms with Crippen LogP contribution in [0.3, 0.4) is 0 Å². The van der Waals surface area contributed by atoms with Crippen LogP contribution < -0.4 is 5.56 Å². The molecule has 36 heavy (non-hydrogen) atoms. The van der Waals surface area contributed by atoms with Gasteiger partial charge in [0.25, 0.3) is 5.56 Å². The van der Waals surface area contributed by atoms with Crippen molar-refractivity contribution in [1.82, 2.24) is 30.1 Å². The van der Waals surface area contributed by atoms with Gasteiger partial charge in [0, 0.05) is 18.7 Å². The molecule has 7 heteroatoms. The van der Waals surface area contributed by atoms with Gasteiger partial charge in [0.05, 0.1) is 17.1 Å². The summed E-state index contributed by atoms with van der Waals surface area (Å²) < 4.78 is 1.91. The van der Waals surface area contributed by atoms with Crippen molar-refractivity contribution in [2.45, 2.75) is 79.4 Å². The van der Waals surface area contributed by atoms with E-state index in [2.05, 4.69) is 103 Å². The second-order valence-corrected chi connectivity index (χ2v) is 10.9. The molecule has 0 fully saturated rings. The van der Waals surface area contributed by atoms with Gasteiger partial charge in [0.1, 0.15) is 0 Å². The van der Waals surface area contributed by atoms with E-state index in [9.17, 15) is 4.79 Å². The molecule has 0 radical (unpaired) electrons. The number of nitrogens with zero attached hydrogens (tertiary/aromatic N) is 5. The highest BCUT2D eigenvalue weighted by Gasteiger charge is 2.29. The molecule has 4 aromatic rings. The van der Waals surface area contributed by atoms with Gasteiger partial charge in [0.15, 0.2) is 5.82 Å². The molecule has 7 nitrogen and oxygen atoms in total. The standard InChI is InChI=1S/C29H38N6O/c1-8-25(27-31-32-33-35(27)29(5,6)7)34(13-12-22-11-9-10-19(2)15-22)18-24-17-23-16-20(3)14-21(4)26(23)30-28(24)36/h9-11,14-17,25H,8,12-13,18H2,1-7H3,(H,30,36). The lowest BCUT2D eigenvalue weighted by molar-refractivity contribution is 0.163. The van der Waals surface area contributed by atoms with E-state index >= 15 is 0 Å². The Balaban J connectivity index is 1.74. The van der Waals surface area contributed by atoms with Crippen LogP contribution >= 0.6 is 0 Å². The van der Waals surface area contributed by atoms with Crippen molar-refractivity contribution in [2.24, 2.45) is 0 Å². The van der Waals surface area contributed by atoms with Crippen LogP contribution in [-0.2, 0) is 18.5 Å². The van der Waals surface area contributed by atoms with Crippen molar-refractivity contribution < 1.29 is 0 Å². The van der Waals surface area contributed by atoms with Crippen LogP contribution in [0.1, 0.15) is 73.8 Å². The molecule has 0 aliphatic heterocycles. The topological polar surface area (TPSA) is 79.7 Å². The molecule has 2 heterocycles. The Morgan fingerprint density at radius 1 is 1.06 bits per heavy atom. The summed E-state index contributed by atoms with van der Waals surface area (Å²) in [6.07, 6.45) is 1.70. The molecule has 2 aromatic heterocycles. The Bertz CT molecular complexity index is 1410. The Morgan fingerprint density at radius 3 is 2.53 bits per heavy atom. The molecule has 0 saturated carbocycles. The van der Waals surface area contributed by atoms with E-state index in [4.69, 9.17) is 0 Å². The Hall–Kier alpha value is -3.32. The second kappa shape index (κ2) is 10.3. The van der Waals surface area contributed by atoms with Crippen molar-refractivity contribution in [2.75, 3.05) is 6.54 Å². The summed E-state index contributed by atoms with van der Waals surface area (Å²) in [5, 5.41) is 13.9. The average Bonchev–Trinajstić information content (AvgIpc) is 3.29. The van der Waals surface area contributed by atoms with Crippen LogP contribution in [0, 0.1) is 20.8 Å². The van der Waals surface area contributed by atoms with Crippen LogP contribution in [0.5, 0.6) is 0 Å². The van der Waals surface area contributed by atoms with E-state index < -0.39 is 0 Å². The number of aromatic nitrogens is 5. The quantitative estimate of drug-likeness (QED) is 0.361. The molecule has 0 aliphatic carbocycles. The predicted octanol–water partition coefficient (Wildman–Crippen LogP) is 5.39. The molecule has 1 unspecified atom stereocenters. The van der Waals surface area contributed by atoms with E-state index in [1.807, 2.05) is 17.7 Å². The molecule has 2 aromatic carbocycles. The number of nitrogens with one attached hydrogen (secondary N) is 1. The molecular formula is C29H38N6O. The first-order valence-corrected chi connectivity index (χ1v) is 12.8. The summed E-state index contributed by atoms with van der Waals surface area (Å²) >= 11 is 0. The van der Waals surface area contributed by atoms with Crippen molar-refractivity contribution in [3.63, 3.8) is 0 Å². The lowest BCUT2D eigenvalue weighted by atomic mass is 10.0. The highest BCUT2D eigenvalue weighted by atomic mass is 16.1. The molecule has 0 bridgehead atoms. The zero-order valence-electron chi connectivity index (χ0n) is 22.6. The van der Waals surface area contributed by atoms with Crippen LogP contribution in [0.2, 0.25) is 0 Å². The van der Waals surface area contributed by atoms with Crippen molar-refractivity contribution in [1.29, 1.82) is 0 Å². The fourth-order valence-corrected chi connectivity index (χ4v) is 5.04. The van der Waals surface area contributed by atoms with Crippen LogP contribution in [0.15, 0.2) is 47.3 Å². The monoisotopic (exact) mass is 486 g/mol. The molecule has 1 N–H and O–H groups in total. The smallest absolute Gasteiger partial charge is 0.252 e. The van der Waals surface area contributed by atoms with E-state index in [1.165, 1.54) is 16.7 Å². The van der Waals surface area contributed by atoms with Crippen LogP contribution in [0.25, 0.3) is 10.9 Å². The number of aryl methyl sites for hydroxylation is 3. The first-order valence-electron chi connectivity index (χ1n) is 12.8. The van der Waals surface area contributed by atoms with Gasteiger partial charge in [-0.1, -0.05) is 48.4 Å². The Kier molecular flexibility index (Phi) is 7.41. The Morgan fingerprint density at radius 2 is 1.83 bits per heavy atom. The molecule has 0 amide bonds. The fourth-order valence-electron chi connectivity index (χ4n) is 5.04. The predicted molar refractivity (Wildman–Crippen MR) is 145 cm³/mol. The van der Waals surface area contributed by atoms with E-state index in [0.29, 0.717) is 6.54 Å². The van der Waals surface area contributed by atoms with Crippen LogP contribution in [0.4, 0.5) is 0 Å². The zero-order valence-corrected chi connectivity index (χ0v) is 22.6. The highest BCUT2D eigenvalue weighted by molar-refractivity contribution is 5.82. The maximum absolute atomic E-state index is 13.2. The number of hydrogen-bond acceptors (Lipinski definition) is 5. The molecule has 1 atom stereocenters. The largest absolute Gasteiger partial charge is 0.321 e. The number of benzene rings is 2. The molecule has 0 spiro atoms. The summed E-state index contributed by atoms with van der Waals surface area (Å²) in [5.74, 6) is 0.832. The first kappa shape index (κ1) is 25.8. The molecule has 0 saturated heterocycles. The number of hydrogen-bond donors (Lipinski definition) is 1. The minimum atomic E-state index is -0.246. The first-order chi connectivity index (χ1) is 17.1. The summed E-state index contributed by atoms with van der Waals surface area (Å²) in [7, 11) is 0. The summed E-state index contributed by atoms with van der Waals surface area (Å²) in [5.41, 5.74) is 6.17. The summed E-state index contributed by atoms with van der Waals surface area (Å²) in [6.45, 7) is 16.0. The maximum atomic E-state index is 13.2. The van der Waals surface area contributed by atoms with E-state index in [-0.39, 0.29) is 17.1 Å². The summed E-state index contributed by atoms with van der Waals surface area (Å²) in [4.78, 5) is 18.7. The number of tetrazole rings is 1. The van der Waals surface area contributed by atoms with Crippen molar-refractivity contribution >= 4 is 10.9 Å². The van der Waals surface area contributed by atoms with Gasteiger partial charge in [-0.15, -0.1) is 5.10 Å². The third-order valence-electron chi connectivity index (χ3n) is 6.77. The minimum Gasteiger partial charge on any atom is -0.321 e. The van der Waals surface area contributed by atoms with Gasteiger partial charge in [0.2, 0.25) is 0 Å². The molecule has 4 rings (SSSR count). The van der Waals surface area contributed by atoms with E-state index in [1.54, 1.807) is 0 Å². The van der Waals surface area contributed by atoms with Gasteiger partial charge >= 0.3 is 0 Å². The van der Waals surface area contributed by atoms with Gasteiger partial charge in [-0.05, 0) is 93.5 Å². The second-order valence-electron chi connectivity index (χ2n) is 10.9. The molecule has 0 aliphatic rings. The Labute approximate surface area is 213 Å². The van der Waals surface area contributed by atoms with Gasteiger partial charge in [-0.2, -0.15) is 0 Å². The number of H-pyrrole nitrogens is 1. The van der Waals surface area contributed by atoms with Crippen LogP contribution in [-0.4, -0.2) is 36.6 Å². The average molecular weight is 487 g/mol. The number of pyridine rings is 1. The maximum Gasteiger partial charge on any atom is 0.252 e. The number of fused-ring (bicyclic) bond motifs is 1. The fraction of sp³-hybridized carbons (Fsp3) is 0.448.